The van der Waals surface area contributed by atoms with Crippen molar-refractivity contribution in [1.29, 1.82) is 0 Å². The molecule has 3 aliphatic rings. The van der Waals surface area contributed by atoms with Crippen LogP contribution in [0, 0.1) is 5.92 Å². The summed E-state index contributed by atoms with van der Waals surface area (Å²) >= 11 is 0. The van der Waals surface area contributed by atoms with Gasteiger partial charge in [0.15, 0.2) is 0 Å². The molecule has 124 valence electrons. The number of carbonyl (C=O) groups is 1. The lowest BCUT2D eigenvalue weighted by molar-refractivity contribution is -0.139. The van der Waals surface area contributed by atoms with E-state index in [1.165, 1.54) is 5.56 Å². The maximum atomic E-state index is 12.8. The minimum Gasteiger partial charge on any atom is -0.381 e. The topological polar surface area (TPSA) is 45.7 Å². The largest absolute Gasteiger partial charge is 0.381 e. The number of pyridine rings is 1. The minimum atomic E-state index is 0.190. The number of hydrogen-bond acceptors (Lipinski definition) is 4. The number of likely N-dealkylation sites (tertiary alicyclic amines) is 2. The van der Waals surface area contributed by atoms with Crippen molar-refractivity contribution in [2.75, 3.05) is 26.3 Å². The van der Waals surface area contributed by atoms with E-state index >= 15 is 0 Å². The van der Waals surface area contributed by atoms with Crippen LogP contribution in [0.1, 0.15) is 31.2 Å². The summed E-state index contributed by atoms with van der Waals surface area (Å²) in [6.45, 7) is 4.45. The van der Waals surface area contributed by atoms with E-state index in [1.807, 2.05) is 18.5 Å². The zero-order valence-corrected chi connectivity index (χ0v) is 13.6. The maximum absolute atomic E-state index is 12.8. The van der Waals surface area contributed by atoms with Gasteiger partial charge in [-0.25, -0.2) is 0 Å². The fourth-order valence-electron chi connectivity index (χ4n) is 4.45. The quantitative estimate of drug-likeness (QED) is 0.851. The van der Waals surface area contributed by atoms with Gasteiger partial charge in [-0.05, 0) is 37.3 Å². The predicted octanol–water partition coefficient (Wildman–Crippen LogP) is 1.68. The van der Waals surface area contributed by atoms with Crippen molar-refractivity contribution >= 4 is 5.91 Å². The molecular formula is C18H25N3O2. The van der Waals surface area contributed by atoms with E-state index in [0.29, 0.717) is 18.0 Å². The Bertz CT molecular complexity index is 544. The molecule has 0 radical (unpaired) electrons. The van der Waals surface area contributed by atoms with Crippen LogP contribution in [0.4, 0.5) is 0 Å². The van der Waals surface area contributed by atoms with Gasteiger partial charge < -0.3 is 9.64 Å². The molecule has 5 nitrogen and oxygen atoms in total. The van der Waals surface area contributed by atoms with E-state index in [1.54, 1.807) is 0 Å². The average Bonchev–Trinajstić information content (AvgIpc) is 3.19. The summed E-state index contributed by atoms with van der Waals surface area (Å²) in [4.78, 5) is 21.8. The standard InChI is InChI=1S/C18H25N3O2/c22-18(15-5-10-23-11-6-15)21-9-4-16-17(21)3-8-20(16)13-14-2-1-7-19-12-14/h1-2,7,12,15-17H,3-6,8-11,13H2/t16-,17+/m0/s1. The summed E-state index contributed by atoms with van der Waals surface area (Å²) in [6, 6.07) is 5.08. The third kappa shape index (κ3) is 3.00. The molecule has 2 atom stereocenters. The Labute approximate surface area is 137 Å². The molecule has 4 rings (SSSR count). The number of carbonyl (C=O) groups excluding carboxylic acids is 1. The van der Waals surface area contributed by atoms with Crippen molar-refractivity contribution in [3.63, 3.8) is 0 Å². The highest BCUT2D eigenvalue weighted by molar-refractivity contribution is 5.79. The second kappa shape index (κ2) is 6.57. The molecule has 1 aromatic heterocycles. The molecule has 0 aromatic carbocycles. The molecule has 23 heavy (non-hydrogen) atoms. The van der Waals surface area contributed by atoms with Crippen molar-refractivity contribution in [1.82, 2.24) is 14.8 Å². The average molecular weight is 315 g/mol. The van der Waals surface area contributed by atoms with Crippen LogP contribution in [0.2, 0.25) is 0 Å². The summed E-state index contributed by atoms with van der Waals surface area (Å²) in [7, 11) is 0. The van der Waals surface area contributed by atoms with Crippen LogP contribution >= 0.6 is 0 Å². The molecule has 0 saturated carbocycles. The van der Waals surface area contributed by atoms with E-state index in [-0.39, 0.29) is 5.92 Å². The van der Waals surface area contributed by atoms with E-state index in [0.717, 1.165) is 58.5 Å². The van der Waals surface area contributed by atoms with E-state index < -0.39 is 0 Å². The van der Waals surface area contributed by atoms with Crippen molar-refractivity contribution in [2.45, 2.75) is 44.3 Å². The van der Waals surface area contributed by atoms with Gasteiger partial charge in [0.25, 0.3) is 0 Å². The first-order valence-electron chi connectivity index (χ1n) is 8.84. The fraction of sp³-hybridized carbons (Fsp3) is 0.667. The Balaban J connectivity index is 1.40. The van der Waals surface area contributed by atoms with Gasteiger partial charge in [0.05, 0.1) is 0 Å². The second-order valence-corrected chi connectivity index (χ2v) is 6.96. The Morgan fingerprint density at radius 2 is 2.00 bits per heavy atom. The SMILES string of the molecule is O=C(C1CCOCC1)N1CC[C@H]2[C@H]1CCN2Cc1cccnc1. The fourth-order valence-corrected chi connectivity index (χ4v) is 4.45. The van der Waals surface area contributed by atoms with Crippen molar-refractivity contribution in [3.8, 4) is 0 Å². The van der Waals surface area contributed by atoms with Crippen LogP contribution in [-0.4, -0.2) is 59.1 Å². The van der Waals surface area contributed by atoms with Crippen LogP contribution < -0.4 is 0 Å². The van der Waals surface area contributed by atoms with Gasteiger partial charge in [-0.1, -0.05) is 6.07 Å². The van der Waals surface area contributed by atoms with Gasteiger partial charge in [-0.3, -0.25) is 14.7 Å². The Morgan fingerprint density at radius 3 is 2.78 bits per heavy atom. The molecule has 1 amide bonds. The molecular weight excluding hydrogens is 290 g/mol. The van der Waals surface area contributed by atoms with E-state index in [2.05, 4.69) is 20.9 Å². The Hall–Kier alpha value is -1.46. The lowest BCUT2D eigenvalue weighted by Crippen LogP contribution is -2.43. The van der Waals surface area contributed by atoms with Crippen LogP contribution in [-0.2, 0) is 16.1 Å². The van der Waals surface area contributed by atoms with Crippen LogP contribution in [0.15, 0.2) is 24.5 Å². The number of ether oxygens (including phenoxy) is 1. The molecule has 0 N–H and O–H groups in total. The number of rotatable bonds is 3. The molecule has 3 fully saturated rings. The normalized spacial score (nSPS) is 29.0. The first-order chi connectivity index (χ1) is 11.3. The molecule has 5 heteroatoms. The van der Waals surface area contributed by atoms with Crippen molar-refractivity contribution < 1.29 is 9.53 Å². The van der Waals surface area contributed by atoms with Gasteiger partial charge in [-0.2, -0.15) is 0 Å². The second-order valence-electron chi connectivity index (χ2n) is 6.96. The first kappa shape index (κ1) is 15.1. The number of amides is 1. The Morgan fingerprint density at radius 1 is 1.17 bits per heavy atom. The summed E-state index contributed by atoms with van der Waals surface area (Å²) in [6.07, 6.45) is 7.78. The van der Waals surface area contributed by atoms with Gasteiger partial charge in [0.1, 0.15) is 0 Å². The van der Waals surface area contributed by atoms with E-state index in [4.69, 9.17) is 4.74 Å². The zero-order chi connectivity index (χ0) is 15.6. The highest BCUT2D eigenvalue weighted by Crippen LogP contribution is 2.34. The number of aromatic nitrogens is 1. The maximum Gasteiger partial charge on any atom is 0.226 e. The van der Waals surface area contributed by atoms with Gasteiger partial charge >= 0.3 is 0 Å². The lowest BCUT2D eigenvalue weighted by Gasteiger charge is -2.30. The van der Waals surface area contributed by atoms with Gasteiger partial charge in [-0.15, -0.1) is 0 Å². The predicted molar refractivity (Wildman–Crippen MR) is 86.7 cm³/mol. The molecule has 3 saturated heterocycles. The van der Waals surface area contributed by atoms with Crippen LogP contribution in [0.3, 0.4) is 0 Å². The first-order valence-corrected chi connectivity index (χ1v) is 8.84. The van der Waals surface area contributed by atoms with Gasteiger partial charge in [0.2, 0.25) is 5.91 Å². The summed E-state index contributed by atoms with van der Waals surface area (Å²) in [5, 5.41) is 0. The molecule has 0 spiro atoms. The van der Waals surface area contributed by atoms with Crippen LogP contribution in [0.25, 0.3) is 0 Å². The third-order valence-electron chi connectivity index (χ3n) is 5.65. The number of fused-ring (bicyclic) bond motifs is 1. The van der Waals surface area contributed by atoms with Crippen molar-refractivity contribution in [2.24, 2.45) is 5.92 Å². The third-order valence-corrected chi connectivity index (χ3v) is 5.65. The molecule has 1 aromatic rings. The molecule has 0 unspecified atom stereocenters. The van der Waals surface area contributed by atoms with E-state index in [9.17, 15) is 4.79 Å². The summed E-state index contributed by atoms with van der Waals surface area (Å²) < 4.78 is 5.40. The van der Waals surface area contributed by atoms with Gasteiger partial charge in [0, 0.05) is 63.2 Å². The highest BCUT2D eigenvalue weighted by Gasteiger charge is 2.45. The highest BCUT2D eigenvalue weighted by atomic mass is 16.5. The molecule has 4 heterocycles. The minimum absolute atomic E-state index is 0.190. The van der Waals surface area contributed by atoms with Crippen LogP contribution in [0.5, 0.6) is 0 Å². The molecule has 0 aliphatic carbocycles. The number of hydrogen-bond donors (Lipinski definition) is 0. The molecule has 3 aliphatic heterocycles. The summed E-state index contributed by atoms with van der Waals surface area (Å²) in [5.41, 5.74) is 1.27. The Kier molecular flexibility index (Phi) is 4.31. The van der Waals surface area contributed by atoms with Crippen molar-refractivity contribution in [3.05, 3.63) is 30.1 Å². The number of nitrogens with zero attached hydrogens (tertiary/aromatic N) is 3. The smallest absolute Gasteiger partial charge is 0.226 e. The molecule has 0 bridgehead atoms. The monoisotopic (exact) mass is 315 g/mol. The summed E-state index contributed by atoms with van der Waals surface area (Å²) in [5.74, 6) is 0.568. The lowest BCUT2D eigenvalue weighted by atomic mass is 9.98. The zero-order valence-electron chi connectivity index (χ0n) is 13.6.